The van der Waals surface area contributed by atoms with Crippen molar-refractivity contribution in [3.05, 3.63) is 70.9 Å². The summed E-state index contributed by atoms with van der Waals surface area (Å²) in [6, 6.07) is 3.72. The summed E-state index contributed by atoms with van der Waals surface area (Å²) < 4.78 is 5.73. The lowest BCUT2D eigenvalue weighted by Crippen LogP contribution is -1.82. The van der Waals surface area contributed by atoms with E-state index in [2.05, 4.69) is 68.0 Å². The Balaban J connectivity index is 1.75. The second-order valence-corrected chi connectivity index (χ2v) is 8.17. The summed E-state index contributed by atoms with van der Waals surface area (Å²) in [6.07, 6.45) is 19.0. The van der Waals surface area contributed by atoms with E-state index in [4.69, 9.17) is 4.42 Å². The second kappa shape index (κ2) is 12.7. The van der Waals surface area contributed by atoms with E-state index >= 15 is 0 Å². The number of aromatic nitrogens is 3. The van der Waals surface area contributed by atoms with Crippen LogP contribution in [0.4, 0.5) is 0 Å². The van der Waals surface area contributed by atoms with Crippen LogP contribution in [0.5, 0.6) is 0 Å². The number of pyridine rings is 1. The predicted molar refractivity (Wildman–Crippen MR) is 126 cm³/mol. The minimum atomic E-state index is 0.524. The minimum absolute atomic E-state index is 0.524. The lowest BCUT2D eigenvalue weighted by molar-refractivity contribution is 0.556. The molecule has 0 saturated heterocycles. The maximum absolute atomic E-state index is 5.73. The first kappa shape index (κ1) is 23.5. The average molecular weight is 406 g/mol. The fourth-order valence-corrected chi connectivity index (χ4v) is 3.07. The summed E-state index contributed by atoms with van der Waals surface area (Å²) in [4.78, 5) is 4.01. The van der Waals surface area contributed by atoms with E-state index in [0.29, 0.717) is 11.8 Å². The fraction of sp³-hybridized carbons (Fsp3) is 0.423. The quantitative estimate of drug-likeness (QED) is 0.359. The largest absolute Gasteiger partial charge is 0.417 e. The summed E-state index contributed by atoms with van der Waals surface area (Å²) in [5.74, 6) is 1.07. The summed E-state index contributed by atoms with van der Waals surface area (Å²) in [6.45, 7) is 10.9. The smallest absolute Gasteiger partial charge is 0.248 e. The molecule has 0 aliphatic carbocycles. The Labute approximate surface area is 181 Å². The van der Waals surface area contributed by atoms with Crippen molar-refractivity contribution in [3.63, 3.8) is 0 Å². The number of rotatable bonds is 11. The van der Waals surface area contributed by atoms with Gasteiger partial charge in [-0.3, -0.25) is 4.98 Å². The van der Waals surface area contributed by atoms with Gasteiger partial charge < -0.3 is 4.42 Å². The molecule has 0 aromatic carbocycles. The molecule has 0 saturated carbocycles. The van der Waals surface area contributed by atoms with Crippen LogP contribution >= 0.6 is 0 Å². The van der Waals surface area contributed by atoms with Crippen LogP contribution in [-0.2, 0) is 0 Å². The molecule has 0 radical (unpaired) electrons. The molecule has 160 valence electrons. The molecule has 0 aliphatic heterocycles. The van der Waals surface area contributed by atoms with Crippen LogP contribution < -0.4 is 0 Å². The van der Waals surface area contributed by atoms with Gasteiger partial charge in [0.2, 0.25) is 11.8 Å². The van der Waals surface area contributed by atoms with Crippen molar-refractivity contribution in [3.8, 4) is 11.5 Å². The van der Waals surface area contributed by atoms with Gasteiger partial charge in [-0.1, -0.05) is 40.5 Å². The van der Waals surface area contributed by atoms with Gasteiger partial charge >= 0.3 is 0 Å². The number of allylic oxidation sites excluding steroid dienone is 7. The third kappa shape index (κ3) is 9.17. The van der Waals surface area contributed by atoms with Crippen molar-refractivity contribution >= 4 is 6.08 Å². The minimum Gasteiger partial charge on any atom is -0.417 e. The van der Waals surface area contributed by atoms with Crippen molar-refractivity contribution in [2.45, 2.75) is 73.1 Å². The molecule has 30 heavy (non-hydrogen) atoms. The van der Waals surface area contributed by atoms with E-state index in [9.17, 15) is 0 Å². The molecule has 2 aromatic rings. The predicted octanol–water partition coefficient (Wildman–Crippen LogP) is 7.73. The highest BCUT2D eigenvalue weighted by molar-refractivity contribution is 5.52. The lowest BCUT2D eigenvalue weighted by atomic mass is 10.0. The van der Waals surface area contributed by atoms with Crippen LogP contribution in [0.25, 0.3) is 17.5 Å². The summed E-state index contributed by atoms with van der Waals surface area (Å²) in [5, 5.41) is 8.24. The zero-order valence-corrected chi connectivity index (χ0v) is 19.1. The van der Waals surface area contributed by atoms with Crippen molar-refractivity contribution in [1.82, 2.24) is 15.2 Å². The fourth-order valence-electron chi connectivity index (χ4n) is 3.07. The van der Waals surface area contributed by atoms with Crippen molar-refractivity contribution in [2.75, 3.05) is 0 Å². The molecule has 0 N–H and O–H groups in total. The average Bonchev–Trinajstić information content (AvgIpc) is 3.17. The van der Waals surface area contributed by atoms with Gasteiger partial charge in [0, 0.05) is 24.0 Å². The van der Waals surface area contributed by atoms with E-state index in [0.717, 1.165) is 44.1 Å². The SMILES string of the molecule is CC(C)=CCCC(C)=CCCC(C)=CCCC(C)=Cc1nnc(-c2ccncc2)o1. The molecule has 0 fully saturated rings. The number of hydrogen-bond acceptors (Lipinski definition) is 4. The van der Waals surface area contributed by atoms with E-state index in [1.54, 1.807) is 12.4 Å². The van der Waals surface area contributed by atoms with Gasteiger partial charge in [-0.05, 0) is 85.3 Å². The molecule has 2 rings (SSSR count). The zero-order valence-electron chi connectivity index (χ0n) is 19.1. The van der Waals surface area contributed by atoms with Crippen molar-refractivity contribution in [1.29, 1.82) is 0 Å². The van der Waals surface area contributed by atoms with E-state index in [-0.39, 0.29) is 0 Å². The van der Waals surface area contributed by atoms with E-state index < -0.39 is 0 Å². The first-order valence-corrected chi connectivity index (χ1v) is 10.8. The van der Waals surface area contributed by atoms with Gasteiger partial charge in [-0.2, -0.15) is 0 Å². The van der Waals surface area contributed by atoms with Crippen LogP contribution in [-0.4, -0.2) is 15.2 Å². The van der Waals surface area contributed by atoms with Crippen LogP contribution in [0, 0.1) is 0 Å². The molecule has 0 bridgehead atoms. The van der Waals surface area contributed by atoms with Crippen LogP contribution in [0.2, 0.25) is 0 Å². The summed E-state index contributed by atoms with van der Waals surface area (Å²) >= 11 is 0. The Morgan fingerprint density at radius 2 is 1.33 bits per heavy atom. The Morgan fingerprint density at radius 3 is 1.93 bits per heavy atom. The first-order chi connectivity index (χ1) is 14.4. The van der Waals surface area contributed by atoms with E-state index in [1.807, 2.05) is 18.2 Å². The summed E-state index contributed by atoms with van der Waals surface area (Å²) in [7, 11) is 0. The lowest BCUT2D eigenvalue weighted by Gasteiger charge is -2.02. The van der Waals surface area contributed by atoms with Crippen LogP contribution in [0.15, 0.2) is 69.5 Å². The third-order valence-corrected chi connectivity index (χ3v) is 4.89. The Hall–Kier alpha value is -2.75. The molecule has 0 unspecified atom stereocenters. The highest BCUT2D eigenvalue weighted by Gasteiger charge is 2.06. The molecule has 0 amide bonds. The molecule has 4 heteroatoms. The molecule has 2 aromatic heterocycles. The van der Waals surface area contributed by atoms with Gasteiger partial charge in [-0.25, -0.2) is 0 Å². The highest BCUT2D eigenvalue weighted by atomic mass is 16.4. The molecule has 0 spiro atoms. The molecule has 4 nitrogen and oxygen atoms in total. The maximum Gasteiger partial charge on any atom is 0.248 e. The van der Waals surface area contributed by atoms with E-state index in [1.165, 1.54) is 22.3 Å². The van der Waals surface area contributed by atoms with Crippen molar-refractivity contribution in [2.24, 2.45) is 0 Å². The van der Waals surface area contributed by atoms with Crippen molar-refractivity contribution < 1.29 is 4.42 Å². The monoisotopic (exact) mass is 405 g/mol. The zero-order chi connectivity index (χ0) is 21.8. The van der Waals surface area contributed by atoms with Gasteiger partial charge in [0.05, 0.1) is 0 Å². The van der Waals surface area contributed by atoms with Gasteiger partial charge in [-0.15, -0.1) is 10.2 Å². The Morgan fingerprint density at radius 1 is 0.767 bits per heavy atom. The molecular weight excluding hydrogens is 370 g/mol. The summed E-state index contributed by atoms with van der Waals surface area (Å²) in [5.41, 5.74) is 6.46. The maximum atomic E-state index is 5.73. The molecule has 2 heterocycles. The Kier molecular flexibility index (Phi) is 9.99. The number of nitrogens with zero attached hydrogens (tertiary/aromatic N) is 3. The first-order valence-electron chi connectivity index (χ1n) is 10.8. The van der Waals surface area contributed by atoms with Gasteiger partial charge in [0.25, 0.3) is 0 Å². The Bertz CT molecular complexity index is 897. The van der Waals surface area contributed by atoms with Gasteiger partial charge in [0.15, 0.2) is 0 Å². The molecular formula is C26H35N3O. The highest BCUT2D eigenvalue weighted by Crippen LogP contribution is 2.19. The van der Waals surface area contributed by atoms with Crippen LogP contribution in [0.1, 0.15) is 79.0 Å². The third-order valence-electron chi connectivity index (χ3n) is 4.89. The van der Waals surface area contributed by atoms with Gasteiger partial charge in [0.1, 0.15) is 0 Å². The standard InChI is InChI=1S/C26H35N3O/c1-20(2)9-6-10-21(3)11-7-12-22(4)13-8-14-23(5)19-25-28-29-26(30-25)24-15-17-27-18-16-24/h9,11,13,15-19H,6-8,10,12,14H2,1-5H3. The topological polar surface area (TPSA) is 51.8 Å². The molecule has 0 atom stereocenters. The number of hydrogen-bond donors (Lipinski definition) is 0. The molecule has 0 aliphatic rings. The van der Waals surface area contributed by atoms with Crippen LogP contribution in [0.3, 0.4) is 0 Å². The normalized spacial score (nSPS) is 12.9. The second-order valence-electron chi connectivity index (χ2n) is 8.17.